The van der Waals surface area contributed by atoms with Crippen LogP contribution in [-0.4, -0.2) is 59.9 Å². The molecule has 1 saturated heterocycles. The zero-order chi connectivity index (χ0) is 14.8. The van der Waals surface area contributed by atoms with Gasteiger partial charge in [-0.3, -0.25) is 0 Å². The third-order valence-electron chi connectivity index (χ3n) is 3.48. The van der Waals surface area contributed by atoms with Gasteiger partial charge in [-0.1, -0.05) is 0 Å². The van der Waals surface area contributed by atoms with Crippen LogP contribution in [-0.2, 0) is 123 Å². The van der Waals surface area contributed by atoms with Crippen LogP contribution in [0.1, 0.15) is 5.56 Å². The number of hydrogen-bond donors (Lipinski definition) is 0. The standard InChI is InChI=1S/C16H24IN4.V.3Y/c1-17-21-11-9-18-7-8-19-14-16(20-10-12-21)13-15-5-3-2-4-6-15;;;;/h3-6,16H,7-14H2,1H3;;;;/q-5;;;;. The maximum atomic E-state index is 4.89. The molecule has 2 rings (SSSR count). The molecule has 1 heterocycles. The van der Waals surface area contributed by atoms with Crippen LogP contribution in [0, 0.1) is 6.07 Å². The van der Waals surface area contributed by atoms with Crippen molar-refractivity contribution in [1.82, 2.24) is 3.11 Å². The summed E-state index contributed by atoms with van der Waals surface area (Å²) in [6.07, 6.45) is 0.983. The molecular formula is C16H24IN4VY3-5. The molecule has 0 amide bonds. The smallest absolute Gasteiger partial charge is 0 e. The summed E-state index contributed by atoms with van der Waals surface area (Å²) in [6, 6.07) is 11.6. The maximum Gasteiger partial charge on any atom is 0 e. The molecule has 0 aliphatic carbocycles. The van der Waals surface area contributed by atoms with E-state index in [1.54, 1.807) is 0 Å². The van der Waals surface area contributed by atoms with E-state index in [9.17, 15) is 0 Å². The van der Waals surface area contributed by atoms with E-state index in [0.717, 1.165) is 52.2 Å². The van der Waals surface area contributed by atoms with Gasteiger partial charge in [0.1, 0.15) is 0 Å². The van der Waals surface area contributed by atoms with Crippen LogP contribution in [0.15, 0.2) is 24.3 Å². The van der Waals surface area contributed by atoms with Crippen molar-refractivity contribution in [1.29, 1.82) is 0 Å². The molecule has 1 unspecified atom stereocenters. The Morgan fingerprint density at radius 1 is 1.04 bits per heavy atom. The summed E-state index contributed by atoms with van der Waals surface area (Å²) >= 11 is 0.142. The molecule has 0 N–H and O–H groups in total. The van der Waals surface area contributed by atoms with Gasteiger partial charge in [0, 0.05) is 117 Å². The van der Waals surface area contributed by atoms with Crippen LogP contribution in [0.3, 0.4) is 0 Å². The van der Waals surface area contributed by atoms with Gasteiger partial charge in [0.25, 0.3) is 0 Å². The largest absolute Gasteiger partial charge is 0 e. The molecule has 25 heavy (non-hydrogen) atoms. The number of benzene rings is 1. The van der Waals surface area contributed by atoms with E-state index in [1.165, 1.54) is 5.56 Å². The van der Waals surface area contributed by atoms with Crippen LogP contribution in [0.4, 0.5) is 0 Å². The Morgan fingerprint density at radius 2 is 1.68 bits per heavy atom. The molecule has 1 aromatic carbocycles. The molecule has 0 saturated carbocycles. The molecule has 1 atom stereocenters. The van der Waals surface area contributed by atoms with Crippen LogP contribution < -0.4 is 21.5 Å². The summed E-state index contributed by atoms with van der Waals surface area (Å²) in [5, 5.41) is 14.1. The van der Waals surface area contributed by atoms with E-state index < -0.39 is 0 Å². The Hall–Kier alpha value is 3.69. The molecular weight excluding hydrogens is 693 g/mol. The molecule has 1 fully saturated rings. The van der Waals surface area contributed by atoms with E-state index in [4.69, 9.17) is 5.32 Å². The van der Waals surface area contributed by atoms with Gasteiger partial charge in [-0.2, -0.15) is 0 Å². The van der Waals surface area contributed by atoms with Crippen molar-refractivity contribution in [2.45, 2.75) is 12.5 Å². The van der Waals surface area contributed by atoms with Gasteiger partial charge >= 0.3 is 140 Å². The van der Waals surface area contributed by atoms with Crippen molar-refractivity contribution < 1.29 is 138 Å². The first kappa shape index (κ1) is 33.3. The SMILES string of the molecule is C[I-]N1CC[N-]CC[N-]CC(Cc2cc[c-]cc2)[N-]CC1.[V].[Y].[Y].[Y]. The summed E-state index contributed by atoms with van der Waals surface area (Å²) in [5.74, 6) is 0. The van der Waals surface area contributed by atoms with Crippen molar-refractivity contribution >= 4 is 0 Å². The van der Waals surface area contributed by atoms with E-state index in [0.29, 0.717) is 6.04 Å². The van der Waals surface area contributed by atoms with Crippen LogP contribution in [0.25, 0.3) is 16.0 Å². The minimum absolute atomic E-state index is 0. The molecule has 0 bridgehead atoms. The van der Waals surface area contributed by atoms with Gasteiger partial charge in [0.05, 0.1) is 0 Å². The number of rotatable bonds is 3. The minimum atomic E-state index is 0. The predicted molar refractivity (Wildman–Crippen MR) is 84.7 cm³/mol. The average molecular weight is 717 g/mol. The van der Waals surface area contributed by atoms with Crippen molar-refractivity contribution in [3.05, 3.63) is 51.8 Å². The topological polar surface area (TPSA) is 45.5 Å². The molecule has 1 aromatic rings. The van der Waals surface area contributed by atoms with Gasteiger partial charge in [-0.05, 0) is 0 Å². The number of hydrogen-bond acceptors (Lipinski definition) is 1. The Morgan fingerprint density at radius 3 is 2.36 bits per heavy atom. The summed E-state index contributed by atoms with van der Waals surface area (Å²) in [6.45, 7) is 6.59. The summed E-state index contributed by atoms with van der Waals surface area (Å²) in [4.78, 5) is 2.32. The third kappa shape index (κ3) is 16.1. The quantitative estimate of drug-likeness (QED) is 0.180. The predicted octanol–water partition coefficient (Wildman–Crippen LogP) is -0.542. The van der Waals surface area contributed by atoms with E-state index in [-0.39, 0.29) is 138 Å². The summed E-state index contributed by atoms with van der Waals surface area (Å²) in [5.41, 5.74) is 1.33. The van der Waals surface area contributed by atoms with Gasteiger partial charge in [0.2, 0.25) is 0 Å². The first-order valence-corrected chi connectivity index (χ1v) is 10.6. The Labute approximate surface area is 251 Å². The monoisotopic (exact) mass is 717 g/mol. The van der Waals surface area contributed by atoms with Crippen molar-refractivity contribution in [2.75, 3.05) is 50.7 Å². The van der Waals surface area contributed by atoms with Crippen LogP contribution in [0.5, 0.6) is 0 Å². The van der Waals surface area contributed by atoms with Crippen LogP contribution >= 0.6 is 0 Å². The number of halogens is 1. The zero-order valence-corrected chi connectivity index (χ0v) is 27.0. The second-order valence-electron chi connectivity index (χ2n) is 5.05. The molecule has 1 aliphatic heterocycles. The molecule has 4 radical (unpaired) electrons. The summed E-state index contributed by atoms with van der Waals surface area (Å²) in [7, 11) is 0. The van der Waals surface area contributed by atoms with Gasteiger partial charge in [-0.15, -0.1) is 0 Å². The maximum absolute atomic E-state index is 4.89. The molecule has 4 nitrogen and oxygen atoms in total. The number of nitrogens with zero attached hydrogens (tertiary/aromatic N) is 4. The molecule has 9 heteroatoms. The Kier molecular flexibility index (Phi) is 29.8. The van der Waals surface area contributed by atoms with E-state index >= 15 is 0 Å². The summed E-state index contributed by atoms with van der Waals surface area (Å²) < 4.78 is 2.54. The molecule has 134 valence electrons. The normalized spacial score (nSPS) is 19.6. The van der Waals surface area contributed by atoms with Gasteiger partial charge < -0.3 is 0 Å². The van der Waals surface area contributed by atoms with Crippen LogP contribution in [0.2, 0.25) is 0 Å². The average Bonchev–Trinajstić information content (AvgIpc) is 2.51. The fourth-order valence-electron chi connectivity index (χ4n) is 2.32. The van der Waals surface area contributed by atoms with Crippen molar-refractivity contribution in [3.8, 4) is 0 Å². The number of alkyl halides is 1. The fourth-order valence-corrected chi connectivity index (χ4v) is 3.72. The van der Waals surface area contributed by atoms with Crippen molar-refractivity contribution in [3.63, 3.8) is 0 Å². The second-order valence-corrected chi connectivity index (χ2v) is 7.38. The van der Waals surface area contributed by atoms with Gasteiger partial charge in [-0.25, -0.2) is 0 Å². The fraction of sp³-hybridized carbons (Fsp3) is 0.625. The first-order chi connectivity index (χ1) is 10.4. The van der Waals surface area contributed by atoms with E-state index in [2.05, 4.69) is 36.9 Å². The molecule has 0 aromatic heterocycles. The Bertz CT molecular complexity index is 393. The first-order valence-electron chi connectivity index (χ1n) is 7.51. The van der Waals surface area contributed by atoms with Crippen molar-refractivity contribution in [2.24, 2.45) is 0 Å². The second kappa shape index (κ2) is 22.4. The molecule has 0 spiro atoms. The van der Waals surface area contributed by atoms with Gasteiger partial charge in [0.15, 0.2) is 0 Å². The Balaban J connectivity index is -0.00000121. The van der Waals surface area contributed by atoms with E-state index in [1.807, 2.05) is 12.1 Å². The molecule has 1 aliphatic rings. The third-order valence-corrected chi connectivity index (χ3v) is 5.81. The minimum Gasteiger partial charge on any atom is 0 e. The zero-order valence-electron chi connectivity index (χ0n) is 14.9.